The van der Waals surface area contributed by atoms with Crippen LogP contribution in [0.15, 0.2) is 23.8 Å². The van der Waals surface area contributed by atoms with Gasteiger partial charge in [0.2, 0.25) is 0 Å². The summed E-state index contributed by atoms with van der Waals surface area (Å²) in [5.41, 5.74) is 1.55. The molecule has 16 heavy (non-hydrogen) atoms. The molecular weight excluding hydrogens is 200 g/mol. The number of esters is 1. The van der Waals surface area contributed by atoms with Crippen molar-refractivity contribution >= 4 is 5.97 Å². The maximum absolute atomic E-state index is 11.1. The molecule has 0 aromatic heterocycles. The van der Waals surface area contributed by atoms with Crippen LogP contribution in [0.4, 0.5) is 0 Å². The van der Waals surface area contributed by atoms with E-state index < -0.39 is 0 Å². The number of carbonyl (C=O) groups excluding carboxylic acids is 1. The molecule has 0 fully saturated rings. The average molecular weight is 222 g/mol. The van der Waals surface area contributed by atoms with Gasteiger partial charge in [-0.2, -0.15) is 0 Å². The first-order valence-corrected chi connectivity index (χ1v) is 5.82. The Morgan fingerprint density at radius 2 is 2.19 bits per heavy atom. The van der Waals surface area contributed by atoms with E-state index >= 15 is 0 Å². The predicted molar refractivity (Wildman–Crippen MR) is 66.0 cm³/mol. The summed E-state index contributed by atoms with van der Waals surface area (Å²) in [5, 5.41) is 0. The highest BCUT2D eigenvalue weighted by Gasteiger charge is 2.36. The van der Waals surface area contributed by atoms with Crippen LogP contribution in [0, 0.1) is 17.3 Å². The molecule has 2 unspecified atom stereocenters. The smallest absolute Gasteiger partial charge is 0.330 e. The largest absolute Gasteiger partial charge is 0.466 e. The van der Waals surface area contributed by atoms with E-state index in [0.29, 0.717) is 11.8 Å². The molecule has 0 radical (unpaired) electrons. The number of hydrogen-bond acceptors (Lipinski definition) is 2. The lowest BCUT2D eigenvalue weighted by atomic mass is 9.63. The Kier molecular flexibility index (Phi) is 3.95. The standard InChI is InChI=1S/C14H22O2/c1-10-6-7-11(2)14(3,4)12(10)8-9-13(15)16-5/h6,8-9,11-12H,7H2,1-5H3. The Morgan fingerprint density at radius 3 is 2.75 bits per heavy atom. The second kappa shape index (κ2) is 4.86. The molecule has 1 rings (SSSR count). The summed E-state index contributed by atoms with van der Waals surface area (Å²) in [6, 6.07) is 0. The van der Waals surface area contributed by atoms with Crippen molar-refractivity contribution in [3.05, 3.63) is 23.8 Å². The Balaban J connectivity index is 2.91. The SMILES string of the molecule is COC(=O)C=CC1C(C)=CCC(C)C1(C)C. The van der Waals surface area contributed by atoms with Gasteiger partial charge in [-0.3, -0.25) is 0 Å². The molecule has 0 spiro atoms. The van der Waals surface area contributed by atoms with Gasteiger partial charge >= 0.3 is 5.97 Å². The first-order chi connectivity index (χ1) is 7.39. The highest BCUT2D eigenvalue weighted by molar-refractivity contribution is 5.81. The molecule has 1 aliphatic rings. The fourth-order valence-corrected chi connectivity index (χ4v) is 2.33. The number of carbonyl (C=O) groups is 1. The molecule has 0 heterocycles. The normalized spacial score (nSPS) is 28.9. The van der Waals surface area contributed by atoms with Gasteiger partial charge in [0.05, 0.1) is 7.11 Å². The van der Waals surface area contributed by atoms with E-state index in [1.54, 1.807) is 6.08 Å². The van der Waals surface area contributed by atoms with Crippen molar-refractivity contribution in [1.29, 1.82) is 0 Å². The second-order valence-electron chi connectivity index (χ2n) is 5.27. The van der Waals surface area contributed by atoms with Crippen LogP contribution in [0.5, 0.6) is 0 Å². The Hall–Kier alpha value is -1.05. The predicted octanol–water partition coefficient (Wildman–Crippen LogP) is 3.34. The molecule has 0 aliphatic heterocycles. The van der Waals surface area contributed by atoms with E-state index in [1.807, 2.05) is 6.08 Å². The van der Waals surface area contributed by atoms with Crippen molar-refractivity contribution in [3.63, 3.8) is 0 Å². The number of methoxy groups -OCH3 is 1. The summed E-state index contributed by atoms with van der Waals surface area (Å²) in [6.07, 6.45) is 6.93. The highest BCUT2D eigenvalue weighted by Crippen LogP contribution is 2.45. The van der Waals surface area contributed by atoms with E-state index in [0.717, 1.165) is 6.42 Å². The monoisotopic (exact) mass is 222 g/mol. The van der Waals surface area contributed by atoms with E-state index in [4.69, 9.17) is 0 Å². The van der Waals surface area contributed by atoms with Crippen molar-refractivity contribution in [2.75, 3.05) is 7.11 Å². The summed E-state index contributed by atoms with van der Waals surface area (Å²) >= 11 is 0. The first kappa shape index (κ1) is 13.0. The molecule has 2 atom stereocenters. The molecular formula is C14H22O2. The number of ether oxygens (including phenoxy) is 1. The van der Waals surface area contributed by atoms with E-state index in [9.17, 15) is 4.79 Å². The van der Waals surface area contributed by atoms with Gasteiger partial charge in [0.15, 0.2) is 0 Å². The van der Waals surface area contributed by atoms with Crippen molar-refractivity contribution in [2.24, 2.45) is 17.3 Å². The van der Waals surface area contributed by atoms with Crippen molar-refractivity contribution in [3.8, 4) is 0 Å². The van der Waals surface area contributed by atoms with Gasteiger partial charge in [0.25, 0.3) is 0 Å². The average Bonchev–Trinajstić information content (AvgIpc) is 2.23. The fourth-order valence-electron chi connectivity index (χ4n) is 2.33. The van der Waals surface area contributed by atoms with Crippen LogP contribution in [0.2, 0.25) is 0 Å². The molecule has 0 saturated carbocycles. The van der Waals surface area contributed by atoms with Crippen LogP contribution in [-0.2, 0) is 9.53 Å². The topological polar surface area (TPSA) is 26.3 Å². The number of rotatable bonds is 2. The molecule has 1 aliphatic carbocycles. The van der Waals surface area contributed by atoms with E-state index in [1.165, 1.54) is 12.7 Å². The van der Waals surface area contributed by atoms with Crippen molar-refractivity contribution in [2.45, 2.75) is 34.1 Å². The zero-order valence-corrected chi connectivity index (χ0v) is 10.9. The van der Waals surface area contributed by atoms with Crippen molar-refractivity contribution < 1.29 is 9.53 Å². The minimum absolute atomic E-state index is 0.198. The molecule has 2 heteroatoms. The van der Waals surface area contributed by atoms with Crippen LogP contribution in [-0.4, -0.2) is 13.1 Å². The first-order valence-electron chi connectivity index (χ1n) is 5.82. The van der Waals surface area contributed by atoms with Gasteiger partial charge in [-0.1, -0.05) is 38.5 Å². The third-order valence-corrected chi connectivity index (χ3v) is 3.98. The maximum Gasteiger partial charge on any atom is 0.330 e. The van der Waals surface area contributed by atoms with E-state index in [2.05, 4.69) is 38.5 Å². The molecule has 2 nitrogen and oxygen atoms in total. The van der Waals surface area contributed by atoms with Gasteiger partial charge < -0.3 is 4.74 Å². The zero-order chi connectivity index (χ0) is 12.3. The van der Waals surface area contributed by atoms with Gasteiger partial charge in [0.1, 0.15) is 0 Å². The van der Waals surface area contributed by atoms with Crippen molar-refractivity contribution in [1.82, 2.24) is 0 Å². The third-order valence-electron chi connectivity index (χ3n) is 3.98. The molecule has 0 aromatic rings. The minimum Gasteiger partial charge on any atom is -0.466 e. The maximum atomic E-state index is 11.1. The van der Waals surface area contributed by atoms with Crippen LogP contribution in [0.3, 0.4) is 0 Å². The van der Waals surface area contributed by atoms with Gasteiger partial charge in [-0.25, -0.2) is 4.79 Å². The lowest BCUT2D eigenvalue weighted by Crippen LogP contribution is -2.33. The van der Waals surface area contributed by atoms with Gasteiger partial charge in [-0.15, -0.1) is 0 Å². The fraction of sp³-hybridized carbons (Fsp3) is 0.643. The summed E-state index contributed by atoms with van der Waals surface area (Å²) in [7, 11) is 1.41. The number of hydrogen-bond donors (Lipinski definition) is 0. The zero-order valence-electron chi connectivity index (χ0n) is 10.9. The van der Waals surface area contributed by atoms with Crippen LogP contribution < -0.4 is 0 Å². The highest BCUT2D eigenvalue weighted by atomic mass is 16.5. The quantitative estimate of drug-likeness (QED) is 0.407. The Bertz CT molecular complexity index is 324. The Morgan fingerprint density at radius 1 is 1.56 bits per heavy atom. The van der Waals surface area contributed by atoms with E-state index in [-0.39, 0.29) is 11.4 Å². The second-order valence-corrected chi connectivity index (χ2v) is 5.27. The number of allylic oxidation sites excluding steroid dienone is 3. The molecule has 0 N–H and O–H groups in total. The van der Waals surface area contributed by atoms with Crippen LogP contribution in [0.1, 0.15) is 34.1 Å². The van der Waals surface area contributed by atoms with Gasteiger partial charge in [-0.05, 0) is 24.7 Å². The third kappa shape index (κ3) is 2.55. The molecule has 0 aromatic carbocycles. The molecule has 0 bridgehead atoms. The lowest BCUT2D eigenvalue weighted by Gasteiger charge is -2.42. The van der Waals surface area contributed by atoms with Gasteiger partial charge in [0, 0.05) is 12.0 Å². The van der Waals surface area contributed by atoms with Crippen LogP contribution >= 0.6 is 0 Å². The Labute approximate surface area is 98.4 Å². The molecule has 0 amide bonds. The lowest BCUT2D eigenvalue weighted by molar-refractivity contribution is -0.134. The minimum atomic E-state index is -0.276. The summed E-state index contributed by atoms with van der Waals surface area (Å²) < 4.78 is 4.63. The summed E-state index contributed by atoms with van der Waals surface area (Å²) in [4.78, 5) is 11.1. The summed E-state index contributed by atoms with van der Waals surface area (Å²) in [5.74, 6) is 0.681. The molecule has 90 valence electrons. The summed E-state index contributed by atoms with van der Waals surface area (Å²) in [6.45, 7) is 8.93. The van der Waals surface area contributed by atoms with Crippen LogP contribution in [0.25, 0.3) is 0 Å². The molecule has 0 saturated heterocycles.